The first-order chi connectivity index (χ1) is 19.4. The lowest BCUT2D eigenvalue weighted by Gasteiger charge is -2.27. The molecular weight excluding hydrogens is 508 g/mol. The summed E-state index contributed by atoms with van der Waals surface area (Å²) in [6.07, 6.45) is 16.3. The summed E-state index contributed by atoms with van der Waals surface area (Å²) in [5.41, 5.74) is 2.19. The standard InChI is InChI=1S/C36H42F4/c1-3-5-6-7-8-9-10-12-29-21-22-30(34(38)33(29)37)27-17-19-28(20-18-27)32-24-23-31(35(39)36(32)40)26-15-13-25(11-4-2)14-16-26/h4,11,17-26H,3,5-10,12-16H2,1-2H3. The molecule has 0 spiro atoms. The average Bonchev–Trinajstić information content (AvgIpc) is 2.97. The Bertz CT molecular complexity index is 1270. The fourth-order valence-corrected chi connectivity index (χ4v) is 6.10. The quantitative estimate of drug-likeness (QED) is 0.119. The smallest absolute Gasteiger partial charge is 0.166 e. The van der Waals surface area contributed by atoms with Crippen molar-refractivity contribution >= 4 is 0 Å². The number of hydrogen-bond donors (Lipinski definition) is 0. The van der Waals surface area contributed by atoms with Crippen molar-refractivity contribution in [1.82, 2.24) is 0 Å². The average molecular weight is 551 g/mol. The second-order valence-electron chi connectivity index (χ2n) is 11.3. The van der Waals surface area contributed by atoms with Crippen LogP contribution in [-0.2, 0) is 6.42 Å². The Balaban J connectivity index is 1.42. The molecule has 0 nitrogen and oxygen atoms in total. The van der Waals surface area contributed by atoms with E-state index >= 15 is 13.2 Å². The van der Waals surface area contributed by atoms with Gasteiger partial charge < -0.3 is 0 Å². The zero-order valence-electron chi connectivity index (χ0n) is 23.9. The van der Waals surface area contributed by atoms with E-state index in [2.05, 4.69) is 19.1 Å². The number of allylic oxidation sites excluding steroid dienone is 2. The minimum Gasteiger partial charge on any atom is -0.203 e. The summed E-state index contributed by atoms with van der Waals surface area (Å²) < 4.78 is 60.2. The maximum atomic E-state index is 15.2. The van der Waals surface area contributed by atoms with Gasteiger partial charge in [-0.05, 0) is 79.5 Å². The van der Waals surface area contributed by atoms with Gasteiger partial charge in [0.05, 0.1) is 0 Å². The summed E-state index contributed by atoms with van der Waals surface area (Å²) in [6.45, 7) is 4.20. The Labute approximate surface area is 237 Å². The summed E-state index contributed by atoms with van der Waals surface area (Å²) in [5, 5.41) is 0. The molecule has 0 radical (unpaired) electrons. The highest BCUT2D eigenvalue weighted by molar-refractivity contribution is 5.71. The van der Waals surface area contributed by atoms with Crippen molar-refractivity contribution in [3.63, 3.8) is 0 Å². The minimum absolute atomic E-state index is 0.0269. The van der Waals surface area contributed by atoms with Crippen molar-refractivity contribution < 1.29 is 17.6 Å². The minimum atomic E-state index is -0.862. The number of rotatable bonds is 12. The SMILES string of the molecule is CC=CC1CCC(c2ccc(-c3ccc(-c4ccc(CCCCCCCCC)c(F)c4F)cc3)c(F)c2F)CC1. The van der Waals surface area contributed by atoms with Crippen LogP contribution in [0.25, 0.3) is 22.3 Å². The lowest BCUT2D eigenvalue weighted by molar-refractivity contribution is 0.364. The molecule has 0 heterocycles. The van der Waals surface area contributed by atoms with Gasteiger partial charge in [0.15, 0.2) is 23.3 Å². The van der Waals surface area contributed by atoms with Crippen molar-refractivity contribution in [2.24, 2.45) is 5.92 Å². The van der Waals surface area contributed by atoms with Crippen LogP contribution >= 0.6 is 0 Å². The van der Waals surface area contributed by atoms with E-state index in [1.165, 1.54) is 25.7 Å². The van der Waals surface area contributed by atoms with Crippen molar-refractivity contribution in [3.05, 3.63) is 95.1 Å². The van der Waals surface area contributed by atoms with Gasteiger partial charge in [-0.25, -0.2) is 17.6 Å². The highest BCUT2D eigenvalue weighted by Crippen LogP contribution is 2.39. The van der Waals surface area contributed by atoms with Gasteiger partial charge in [0.1, 0.15) is 0 Å². The van der Waals surface area contributed by atoms with Gasteiger partial charge in [-0.1, -0.05) is 106 Å². The molecule has 1 aliphatic rings. The van der Waals surface area contributed by atoms with Crippen LogP contribution in [0.15, 0.2) is 60.7 Å². The van der Waals surface area contributed by atoms with E-state index in [0.29, 0.717) is 34.6 Å². The lowest BCUT2D eigenvalue weighted by atomic mass is 9.78. The van der Waals surface area contributed by atoms with Gasteiger partial charge in [-0.3, -0.25) is 0 Å². The van der Waals surface area contributed by atoms with E-state index in [1.54, 1.807) is 48.5 Å². The predicted octanol–water partition coefficient (Wildman–Crippen LogP) is 11.7. The summed E-state index contributed by atoms with van der Waals surface area (Å²) >= 11 is 0. The number of benzene rings is 3. The van der Waals surface area contributed by atoms with Crippen LogP contribution in [0, 0.1) is 29.2 Å². The van der Waals surface area contributed by atoms with Gasteiger partial charge in [-0.2, -0.15) is 0 Å². The monoisotopic (exact) mass is 550 g/mol. The van der Waals surface area contributed by atoms with Crippen molar-refractivity contribution in [2.45, 2.75) is 96.8 Å². The fourth-order valence-electron chi connectivity index (χ4n) is 6.10. The van der Waals surface area contributed by atoms with Gasteiger partial charge in [0.25, 0.3) is 0 Å². The number of aryl methyl sites for hydroxylation is 1. The Morgan fingerprint density at radius 1 is 0.625 bits per heavy atom. The van der Waals surface area contributed by atoms with E-state index in [4.69, 9.17) is 0 Å². The Morgan fingerprint density at radius 2 is 1.18 bits per heavy atom. The molecule has 0 amide bonds. The molecule has 0 atom stereocenters. The van der Waals surface area contributed by atoms with Crippen LogP contribution in [-0.4, -0.2) is 0 Å². The molecule has 0 aromatic heterocycles. The molecule has 0 saturated heterocycles. The predicted molar refractivity (Wildman–Crippen MR) is 158 cm³/mol. The maximum absolute atomic E-state index is 15.2. The number of unbranched alkanes of at least 4 members (excludes halogenated alkanes) is 6. The summed E-state index contributed by atoms with van der Waals surface area (Å²) in [7, 11) is 0. The van der Waals surface area contributed by atoms with Crippen LogP contribution < -0.4 is 0 Å². The van der Waals surface area contributed by atoms with Crippen molar-refractivity contribution in [3.8, 4) is 22.3 Å². The van der Waals surface area contributed by atoms with Crippen molar-refractivity contribution in [2.75, 3.05) is 0 Å². The molecule has 3 aromatic rings. The van der Waals surface area contributed by atoms with Crippen LogP contribution in [0.3, 0.4) is 0 Å². The fraction of sp³-hybridized carbons (Fsp3) is 0.444. The van der Waals surface area contributed by atoms with Gasteiger partial charge in [0.2, 0.25) is 0 Å². The van der Waals surface area contributed by atoms with Crippen LogP contribution in [0.1, 0.15) is 102 Å². The van der Waals surface area contributed by atoms with E-state index in [-0.39, 0.29) is 17.0 Å². The van der Waals surface area contributed by atoms with Crippen LogP contribution in [0.2, 0.25) is 0 Å². The first kappa shape index (κ1) is 30.1. The van der Waals surface area contributed by atoms with Gasteiger partial charge in [0, 0.05) is 11.1 Å². The third kappa shape index (κ3) is 7.25. The summed E-state index contributed by atoms with van der Waals surface area (Å²) in [6, 6.07) is 13.2. The van der Waals surface area contributed by atoms with Crippen molar-refractivity contribution in [1.29, 1.82) is 0 Å². The molecule has 0 aliphatic heterocycles. The van der Waals surface area contributed by atoms with Crippen LogP contribution in [0.4, 0.5) is 17.6 Å². The van der Waals surface area contributed by atoms with E-state index in [9.17, 15) is 4.39 Å². The van der Waals surface area contributed by atoms with E-state index in [1.807, 2.05) is 6.92 Å². The molecule has 3 aromatic carbocycles. The molecule has 0 N–H and O–H groups in total. The maximum Gasteiger partial charge on any atom is 0.166 e. The molecule has 1 fully saturated rings. The highest BCUT2D eigenvalue weighted by atomic mass is 19.2. The number of halogens is 4. The topological polar surface area (TPSA) is 0 Å². The Morgan fingerprint density at radius 3 is 1.77 bits per heavy atom. The molecule has 40 heavy (non-hydrogen) atoms. The molecule has 0 unspecified atom stereocenters. The second kappa shape index (κ2) is 14.7. The van der Waals surface area contributed by atoms with E-state index < -0.39 is 23.3 Å². The molecule has 1 aliphatic carbocycles. The highest BCUT2D eigenvalue weighted by Gasteiger charge is 2.26. The lowest BCUT2D eigenvalue weighted by Crippen LogP contribution is -2.13. The third-order valence-electron chi connectivity index (χ3n) is 8.51. The Kier molecular flexibility index (Phi) is 11.0. The summed E-state index contributed by atoms with van der Waals surface area (Å²) in [4.78, 5) is 0. The normalized spacial score (nSPS) is 17.6. The molecule has 0 bridgehead atoms. The molecule has 4 rings (SSSR count). The zero-order chi connectivity index (χ0) is 28.5. The number of hydrogen-bond acceptors (Lipinski definition) is 0. The molecule has 4 heteroatoms. The Hall–Kier alpha value is -2.88. The van der Waals surface area contributed by atoms with E-state index in [0.717, 1.165) is 44.9 Å². The second-order valence-corrected chi connectivity index (χ2v) is 11.3. The molecule has 1 saturated carbocycles. The first-order valence-corrected chi connectivity index (χ1v) is 15.1. The first-order valence-electron chi connectivity index (χ1n) is 15.1. The molecule has 214 valence electrons. The summed E-state index contributed by atoms with van der Waals surface area (Å²) in [5.74, 6) is -2.74. The van der Waals surface area contributed by atoms with Crippen LogP contribution in [0.5, 0.6) is 0 Å². The molecular formula is C36H42F4. The third-order valence-corrected chi connectivity index (χ3v) is 8.51. The van der Waals surface area contributed by atoms with Gasteiger partial charge in [-0.15, -0.1) is 0 Å². The largest absolute Gasteiger partial charge is 0.203 e. The van der Waals surface area contributed by atoms with Gasteiger partial charge >= 0.3 is 0 Å². The zero-order valence-corrected chi connectivity index (χ0v) is 23.9.